The van der Waals surface area contributed by atoms with Crippen molar-refractivity contribution in [2.24, 2.45) is 0 Å². The number of nitrogens with zero attached hydrogens (tertiary/aromatic N) is 1. The normalized spacial score (nSPS) is 11.2. The summed E-state index contributed by atoms with van der Waals surface area (Å²) in [6, 6.07) is 59.9. The summed E-state index contributed by atoms with van der Waals surface area (Å²) in [5.41, 5.74) is 7.90. The molecule has 0 saturated heterocycles. The molecule has 3 nitrogen and oxygen atoms in total. The van der Waals surface area contributed by atoms with E-state index in [0.717, 1.165) is 39.0 Å². The average Bonchev–Trinajstić information content (AvgIpc) is 3.12. The molecule has 1 radical (unpaired) electrons. The van der Waals surface area contributed by atoms with Crippen LogP contribution in [0.1, 0.15) is 0 Å². The molecule has 0 amide bonds. The predicted molar refractivity (Wildman–Crippen MR) is 193 cm³/mol. The van der Waals surface area contributed by atoms with Gasteiger partial charge in [0.25, 0.3) is 0 Å². The van der Waals surface area contributed by atoms with Crippen LogP contribution in [0, 0.1) is 0 Å². The maximum Gasteiger partial charge on any atom is 0.569 e. The van der Waals surface area contributed by atoms with Crippen LogP contribution in [0.5, 0.6) is 5.75 Å². The van der Waals surface area contributed by atoms with Crippen molar-refractivity contribution in [3.05, 3.63) is 170 Å². The number of anilines is 3. The van der Waals surface area contributed by atoms with Crippen molar-refractivity contribution in [1.82, 2.24) is 0 Å². The monoisotopic (exact) mass is 590 g/mol. The second kappa shape index (κ2) is 11.9. The smallest absolute Gasteiger partial charge is 0.537 e. The molecule has 217 valence electrons. The summed E-state index contributed by atoms with van der Waals surface area (Å²) in [6.07, 6.45) is 0. The third-order valence-corrected chi connectivity index (χ3v) is 8.68. The molecular weight excluding hydrogens is 561 g/mol. The third-order valence-electron chi connectivity index (χ3n) is 8.68. The third kappa shape index (κ3) is 5.05. The fourth-order valence-corrected chi connectivity index (χ4v) is 6.53. The Morgan fingerprint density at radius 2 is 1.07 bits per heavy atom. The van der Waals surface area contributed by atoms with Crippen molar-refractivity contribution in [1.29, 1.82) is 0 Å². The standard InChI is InChI=1S/C42H29BNO2/c45-43-46-36-25-21-31-26-35(24-20-32(31)27-36)44(42-17-9-8-14-38(42)29-10-2-1-3-11-29)34-22-18-30(19-23-34)41-28-33-12-4-5-13-37(33)39-15-6-7-16-40(39)41/h1-28,45H. The van der Waals surface area contributed by atoms with Crippen LogP contribution in [0.3, 0.4) is 0 Å². The van der Waals surface area contributed by atoms with E-state index in [1.807, 2.05) is 18.2 Å². The van der Waals surface area contributed by atoms with Gasteiger partial charge in [0.2, 0.25) is 0 Å². The van der Waals surface area contributed by atoms with Crippen LogP contribution < -0.4 is 9.55 Å². The predicted octanol–water partition coefficient (Wildman–Crippen LogP) is 10.9. The van der Waals surface area contributed by atoms with Gasteiger partial charge >= 0.3 is 7.69 Å². The van der Waals surface area contributed by atoms with E-state index in [9.17, 15) is 0 Å². The first kappa shape index (κ1) is 27.7. The number of para-hydroxylation sites is 1. The van der Waals surface area contributed by atoms with Gasteiger partial charge < -0.3 is 14.6 Å². The summed E-state index contributed by atoms with van der Waals surface area (Å²) in [6.45, 7) is 0. The molecule has 0 spiro atoms. The highest BCUT2D eigenvalue weighted by Gasteiger charge is 2.18. The molecule has 1 N–H and O–H groups in total. The lowest BCUT2D eigenvalue weighted by Crippen LogP contribution is -2.11. The quantitative estimate of drug-likeness (QED) is 0.148. The summed E-state index contributed by atoms with van der Waals surface area (Å²) in [7, 11) is 0.710. The summed E-state index contributed by atoms with van der Waals surface area (Å²) < 4.78 is 5.21. The Morgan fingerprint density at radius 1 is 0.435 bits per heavy atom. The average molecular weight is 591 g/mol. The van der Waals surface area contributed by atoms with Crippen LogP contribution in [-0.2, 0) is 0 Å². The number of fused-ring (bicyclic) bond motifs is 4. The molecule has 4 heteroatoms. The van der Waals surface area contributed by atoms with E-state index in [4.69, 9.17) is 9.68 Å². The molecule has 0 aromatic heterocycles. The fraction of sp³-hybridized carbons (Fsp3) is 0. The molecule has 0 heterocycles. The number of benzene rings is 8. The molecular formula is C42H29BNO2. The molecule has 0 aliphatic heterocycles. The fourth-order valence-electron chi connectivity index (χ4n) is 6.53. The number of hydrogen-bond acceptors (Lipinski definition) is 3. The zero-order valence-corrected chi connectivity index (χ0v) is 25.0. The van der Waals surface area contributed by atoms with Gasteiger partial charge in [0.1, 0.15) is 5.75 Å². The summed E-state index contributed by atoms with van der Waals surface area (Å²) in [5.74, 6) is 0.589. The zero-order valence-electron chi connectivity index (χ0n) is 25.0. The highest BCUT2D eigenvalue weighted by molar-refractivity contribution is 6.17. The number of rotatable bonds is 7. The second-order valence-corrected chi connectivity index (χ2v) is 11.4. The maximum atomic E-state index is 9.12. The topological polar surface area (TPSA) is 32.7 Å². The lowest BCUT2D eigenvalue weighted by atomic mass is 9.93. The Morgan fingerprint density at radius 3 is 1.89 bits per heavy atom. The van der Waals surface area contributed by atoms with Crippen molar-refractivity contribution in [2.45, 2.75) is 0 Å². The largest absolute Gasteiger partial charge is 0.569 e. The molecule has 8 aromatic carbocycles. The SMILES string of the molecule is O[B]Oc1ccc2cc(N(c3ccc(-c4cc5ccccc5c5ccccc45)cc3)c3ccccc3-c3ccccc3)ccc2c1. The summed E-state index contributed by atoms with van der Waals surface area (Å²) in [4.78, 5) is 2.33. The Bertz CT molecular complexity index is 2330. The summed E-state index contributed by atoms with van der Waals surface area (Å²) >= 11 is 0. The van der Waals surface area contributed by atoms with E-state index in [-0.39, 0.29) is 0 Å². The van der Waals surface area contributed by atoms with Crippen LogP contribution in [-0.4, -0.2) is 12.7 Å². The maximum absolute atomic E-state index is 9.12. The van der Waals surface area contributed by atoms with Gasteiger partial charge in [0.15, 0.2) is 0 Å². The molecule has 0 aliphatic rings. The Kier molecular flexibility index (Phi) is 7.18. The van der Waals surface area contributed by atoms with Crippen LogP contribution in [0.25, 0.3) is 54.6 Å². The Balaban J connectivity index is 1.29. The van der Waals surface area contributed by atoms with Crippen LogP contribution in [0.15, 0.2) is 170 Å². The highest BCUT2D eigenvalue weighted by Crippen LogP contribution is 2.43. The van der Waals surface area contributed by atoms with Gasteiger partial charge in [-0.15, -0.1) is 0 Å². The van der Waals surface area contributed by atoms with Gasteiger partial charge in [-0.1, -0.05) is 121 Å². The summed E-state index contributed by atoms with van der Waals surface area (Å²) in [5, 5.41) is 16.2. The number of hydrogen-bond donors (Lipinski definition) is 1. The van der Waals surface area contributed by atoms with E-state index >= 15 is 0 Å². The van der Waals surface area contributed by atoms with Gasteiger partial charge in [-0.2, -0.15) is 0 Å². The molecule has 0 aliphatic carbocycles. The van der Waals surface area contributed by atoms with Crippen LogP contribution in [0.4, 0.5) is 17.1 Å². The first-order valence-electron chi connectivity index (χ1n) is 15.4. The van der Waals surface area contributed by atoms with Gasteiger partial charge in [-0.3, -0.25) is 0 Å². The first-order chi connectivity index (χ1) is 22.8. The molecule has 8 aromatic rings. The first-order valence-corrected chi connectivity index (χ1v) is 15.4. The van der Waals surface area contributed by atoms with Gasteiger partial charge in [-0.05, 0) is 97.5 Å². The molecule has 46 heavy (non-hydrogen) atoms. The van der Waals surface area contributed by atoms with Crippen LogP contribution in [0.2, 0.25) is 0 Å². The minimum Gasteiger partial charge on any atom is -0.537 e. The van der Waals surface area contributed by atoms with Gasteiger partial charge in [0, 0.05) is 16.9 Å². The molecule has 0 atom stereocenters. The Labute approximate surface area is 268 Å². The zero-order chi connectivity index (χ0) is 30.9. The van der Waals surface area contributed by atoms with E-state index in [1.165, 1.54) is 32.7 Å². The lowest BCUT2D eigenvalue weighted by Gasteiger charge is -2.28. The van der Waals surface area contributed by atoms with Crippen molar-refractivity contribution in [2.75, 3.05) is 4.90 Å². The molecule has 0 unspecified atom stereocenters. The van der Waals surface area contributed by atoms with Crippen molar-refractivity contribution >= 4 is 57.1 Å². The van der Waals surface area contributed by atoms with Crippen molar-refractivity contribution in [3.8, 4) is 28.0 Å². The van der Waals surface area contributed by atoms with Crippen molar-refractivity contribution in [3.63, 3.8) is 0 Å². The Hall–Kier alpha value is -5.84. The minimum atomic E-state index is 0.589. The molecule has 0 bridgehead atoms. The molecule has 0 saturated carbocycles. The van der Waals surface area contributed by atoms with E-state index < -0.39 is 0 Å². The van der Waals surface area contributed by atoms with Crippen molar-refractivity contribution < 1.29 is 9.68 Å². The van der Waals surface area contributed by atoms with E-state index in [0.29, 0.717) is 13.4 Å². The van der Waals surface area contributed by atoms with Gasteiger partial charge in [0.05, 0.1) is 5.69 Å². The lowest BCUT2D eigenvalue weighted by molar-refractivity contribution is 0.454. The second-order valence-electron chi connectivity index (χ2n) is 11.4. The van der Waals surface area contributed by atoms with Crippen LogP contribution >= 0.6 is 0 Å². The molecule has 8 rings (SSSR count). The van der Waals surface area contributed by atoms with E-state index in [2.05, 4.69) is 157 Å². The molecule has 0 fully saturated rings. The van der Waals surface area contributed by atoms with E-state index in [1.54, 1.807) is 0 Å². The van der Waals surface area contributed by atoms with Gasteiger partial charge in [-0.25, -0.2) is 0 Å². The highest BCUT2D eigenvalue weighted by atomic mass is 16.5. The minimum absolute atomic E-state index is 0.589.